The molecular weight excluding hydrogens is 412 g/mol. The van der Waals surface area contributed by atoms with Crippen LogP contribution in [0.15, 0.2) is 66.2 Å². The Morgan fingerprint density at radius 1 is 0.906 bits per heavy atom. The molecule has 0 spiro atoms. The topological polar surface area (TPSA) is 57.6 Å². The van der Waals surface area contributed by atoms with Crippen molar-refractivity contribution in [3.63, 3.8) is 0 Å². The Hall–Kier alpha value is -3.80. The second kappa shape index (κ2) is 8.04. The molecule has 1 N–H and O–H groups in total. The third-order valence-electron chi connectivity index (χ3n) is 5.62. The summed E-state index contributed by atoms with van der Waals surface area (Å²) < 4.78 is 28.2. The molecular formula is C26H21F2NO3. The first-order valence-corrected chi connectivity index (χ1v) is 10.1. The van der Waals surface area contributed by atoms with Crippen molar-refractivity contribution in [2.24, 2.45) is 0 Å². The molecule has 0 aromatic heterocycles. The zero-order valence-electron chi connectivity index (χ0n) is 17.8. The Morgan fingerprint density at radius 3 is 2.31 bits per heavy atom. The number of halogens is 2. The van der Waals surface area contributed by atoms with Crippen molar-refractivity contribution >= 4 is 23.1 Å². The summed E-state index contributed by atoms with van der Waals surface area (Å²) in [6, 6.07) is 14.2. The monoisotopic (exact) mass is 433 g/mol. The van der Waals surface area contributed by atoms with E-state index in [-0.39, 0.29) is 17.0 Å². The highest BCUT2D eigenvalue weighted by Gasteiger charge is 2.47. The zero-order chi connectivity index (χ0) is 23.2. The van der Waals surface area contributed by atoms with Crippen molar-refractivity contribution in [3.05, 3.63) is 106 Å². The van der Waals surface area contributed by atoms with Gasteiger partial charge in [0.05, 0.1) is 17.3 Å². The number of nitrogens with zero attached hydrogens (tertiary/aromatic N) is 1. The van der Waals surface area contributed by atoms with Gasteiger partial charge in [-0.3, -0.25) is 14.5 Å². The lowest BCUT2D eigenvalue weighted by molar-refractivity contribution is -0.132. The summed E-state index contributed by atoms with van der Waals surface area (Å²) in [5, 5.41) is 11.2. The van der Waals surface area contributed by atoms with Crippen LogP contribution in [0.5, 0.6) is 0 Å². The van der Waals surface area contributed by atoms with Crippen LogP contribution < -0.4 is 4.90 Å². The predicted molar refractivity (Wildman–Crippen MR) is 118 cm³/mol. The van der Waals surface area contributed by atoms with Gasteiger partial charge in [-0.05, 0) is 50.1 Å². The highest BCUT2D eigenvalue weighted by molar-refractivity contribution is 6.51. The van der Waals surface area contributed by atoms with E-state index < -0.39 is 29.4 Å². The number of benzene rings is 3. The first-order chi connectivity index (χ1) is 15.2. The number of aliphatic hydroxyl groups is 1. The Morgan fingerprint density at radius 2 is 1.62 bits per heavy atom. The lowest BCUT2D eigenvalue weighted by Crippen LogP contribution is -2.30. The van der Waals surface area contributed by atoms with Gasteiger partial charge in [0.15, 0.2) is 0 Å². The van der Waals surface area contributed by atoms with Crippen LogP contribution in [0, 0.1) is 32.4 Å². The van der Waals surface area contributed by atoms with Crippen molar-refractivity contribution in [2.75, 3.05) is 4.90 Å². The van der Waals surface area contributed by atoms with Gasteiger partial charge < -0.3 is 5.11 Å². The highest BCUT2D eigenvalue weighted by atomic mass is 19.1. The Labute approximate surface area is 184 Å². The maximum absolute atomic E-state index is 14.7. The molecule has 0 radical (unpaired) electrons. The number of hydrogen-bond donors (Lipinski definition) is 1. The second-order valence-electron chi connectivity index (χ2n) is 8.00. The van der Waals surface area contributed by atoms with E-state index in [0.717, 1.165) is 33.7 Å². The highest BCUT2D eigenvalue weighted by Crippen LogP contribution is 2.43. The summed E-state index contributed by atoms with van der Waals surface area (Å²) in [7, 11) is 0. The quantitative estimate of drug-likeness (QED) is 0.336. The van der Waals surface area contributed by atoms with Gasteiger partial charge in [-0.2, -0.15) is 0 Å². The minimum atomic E-state index is -1.07. The number of anilines is 1. The van der Waals surface area contributed by atoms with Gasteiger partial charge in [0.2, 0.25) is 0 Å². The molecule has 1 fully saturated rings. The minimum absolute atomic E-state index is 0.141. The van der Waals surface area contributed by atoms with Gasteiger partial charge in [0.25, 0.3) is 11.7 Å². The maximum Gasteiger partial charge on any atom is 0.300 e. The van der Waals surface area contributed by atoms with Gasteiger partial charge in [-0.1, -0.05) is 47.5 Å². The number of amides is 1. The van der Waals surface area contributed by atoms with Crippen molar-refractivity contribution in [1.29, 1.82) is 0 Å². The standard InChI is InChI=1S/C26H21F2NO3/c1-14-5-4-6-17(11-14)23-22(24(30)19-12-15(2)7-8-16(19)3)25(31)26(32)29(23)21-10-9-18(27)13-20(21)28/h4-13,23,30H,1-3H3/b24-22+. The van der Waals surface area contributed by atoms with E-state index in [0.29, 0.717) is 17.2 Å². The molecule has 32 heavy (non-hydrogen) atoms. The fourth-order valence-corrected chi connectivity index (χ4v) is 4.05. The summed E-state index contributed by atoms with van der Waals surface area (Å²) in [4.78, 5) is 27.2. The van der Waals surface area contributed by atoms with Crippen LogP contribution in [0.25, 0.3) is 5.76 Å². The third-order valence-corrected chi connectivity index (χ3v) is 5.62. The van der Waals surface area contributed by atoms with E-state index in [2.05, 4.69) is 0 Å². The third kappa shape index (κ3) is 3.58. The van der Waals surface area contributed by atoms with Crippen molar-refractivity contribution < 1.29 is 23.5 Å². The molecule has 0 saturated carbocycles. The average molecular weight is 433 g/mol. The number of ketones is 1. The molecule has 1 aliphatic rings. The smallest absolute Gasteiger partial charge is 0.300 e. The van der Waals surface area contributed by atoms with Gasteiger partial charge >= 0.3 is 0 Å². The van der Waals surface area contributed by atoms with E-state index in [9.17, 15) is 23.5 Å². The summed E-state index contributed by atoms with van der Waals surface area (Å²) in [6.45, 7) is 5.48. The molecule has 6 heteroatoms. The molecule has 1 heterocycles. The van der Waals surface area contributed by atoms with Gasteiger partial charge in [0, 0.05) is 11.6 Å². The number of aliphatic hydroxyl groups excluding tert-OH is 1. The molecule has 1 amide bonds. The number of hydrogen-bond acceptors (Lipinski definition) is 3. The first-order valence-electron chi connectivity index (χ1n) is 10.1. The Bertz CT molecular complexity index is 1300. The van der Waals surface area contributed by atoms with Crippen molar-refractivity contribution in [3.8, 4) is 0 Å². The lowest BCUT2D eigenvalue weighted by atomic mass is 9.92. The number of rotatable bonds is 3. The minimum Gasteiger partial charge on any atom is -0.507 e. The molecule has 1 aliphatic heterocycles. The molecule has 1 atom stereocenters. The van der Waals surface area contributed by atoms with Crippen LogP contribution in [0.3, 0.4) is 0 Å². The molecule has 4 nitrogen and oxygen atoms in total. The molecule has 4 rings (SSSR count). The summed E-state index contributed by atoms with van der Waals surface area (Å²) >= 11 is 0. The average Bonchev–Trinajstić information content (AvgIpc) is 3.00. The fraction of sp³-hybridized carbons (Fsp3) is 0.154. The van der Waals surface area contributed by atoms with Crippen LogP contribution in [0.1, 0.15) is 33.9 Å². The summed E-state index contributed by atoms with van der Waals surface area (Å²) in [5.74, 6) is -4.03. The van der Waals surface area contributed by atoms with Gasteiger partial charge in [-0.25, -0.2) is 8.78 Å². The number of carbonyl (C=O) groups excluding carboxylic acids is 2. The molecule has 3 aromatic rings. The molecule has 1 saturated heterocycles. The van der Waals surface area contributed by atoms with E-state index in [4.69, 9.17) is 0 Å². The molecule has 0 aliphatic carbocycles. The van der Waals surface area contributed by atoms with Crippen LogP contribution in [0.4, 0.5) is 14.5 Å². The van der Waals surface area contributed by atoms with E-state index in [1.165, 1.54) is 0 Å². The normalized spacial score (nSPS) is 17.8. The Kier molecular flexibility index (Phi) is 5.38. The van der Waals surface area contributed by atoms with Crippen molar-refractivity contribution in [1.82, 2.24) is 0 Å². The number of aryl methyl sites for hydroxylation is 3. The predicted octanol–water partition coefficient (Wildman–Crippen LogP) is 5.52. The molecule has 162 valence electrons. The second-order valence-corrected chi connectivity index (χ2v) is 8.00. The Balaban J connectivity index is 2.01. The van der Waals surface area contributed by atoms with Crippen LogP contribution in [-0.2, 0) is 9.59 Å². The summed E-state index contributed by atoms with van der Waals surface area (Å²) in [6.07, 6.45) is 0. The molecule has 1 unspecified atom stereocenters. The zero-order valence-corrected chi connectivity index (χ0v) is 17.8. The van der Waals surface area contributed by atoms with Gasteiger partial charge in [-0.15, -0.1) is 0 Å². The van der Waals surface area contributed by atoms with Gasteiger partial charge in [0.1, 0.15) is 17.4 Å². The van der Waals surface area contributed by atoms with Crippen LogP contribution in [-0.4, -0.2) is 16.8 Å². The van der Waals surface area contributed by atoms with E-state index in [1.54, 1.807) is 31.2 Å². The SMILES string of the molecule is Cc1cccc(C2/C(=C(\O)c3cc(C)ccc3C)C(=O)C(=O)N2c2ccc(F)cc2F)c1. The van der Waals surface area contributed by atoms with Crippen LogP contribution >= 0.6 is 0 Å². The van der Waals surface area contributed by atoms with Crippen molar-refractivity contribution in [2.45, 2.75) is 26.8 Å². The molecule has 3 aromatic carbocycles. The lowest BCUT2D eigenvalue weighted by Gasteiger charge is -2.26. The van der Waals surface area contributed by atoms with E-state index >= 15 is 0 Å². The van der Waals surface area contributed by atoms with Crippen LogP contribution in [0.2, 0.25) is 0 Å². The number of carbonyl (C=O) groups is 2. The fourth-order valence-electron chi connectivity index (χ4n) is 4.05. The summed E-state index contributed by atoms with van der Waals surface area (Å²) in [5.41, 5.74) is 3.01. The largest absolute Gasteiger partial charge is 0.507 e. The molecule has 0 bridgehead atoms. The first kappa shape index (κ1) is 21.4. The van der Waals surface area contributed by atoms with E-state index in [1.807, 2.05) is 32.0 Å². The maximum atomic E-state index is 14.7. The number of Topliss-reactive ketones (excluding diaryl/α,β-unsaturated/α-hetero) is 1.